The molecular formula is C11H12INO2. The highest BCUT2D eigenvalue weighted by molar-refractivity contribution is 14.1. The summed E-state index contributed by atoms with van der Waals surface area (Å²) in [5.41, 5.74) is 0.520. The number of hydrogen-bond acceptors (Lipinski definition) is 2. The molecule has 0 aromatic heterocycles. The molecule has 0 radical (unpaired) electrons. The Morgan fingerprint density at radius 2 is 2.00 bits per heavy atom. The van der Waals surface area contributed by atoms with E-state index in [1.165, 1.54) is 3.57 Å². The minimum atomic E-state index is -0.695. The number of carboxylic acid groups (broad SMARTS) is 1. The van der Waals surface area contributed by atoms with Crippen molar-refractivity contribution in [1.29, 1.82) is 0 Å². The van der Waals surface area contributed by atoms with Crippen LogP contribution in [0.15, 0.2) is 24.3 Å². The van der Waals surface area contributed by atoms with Gasteiger partial charge in [0.05, 0.1) is 5.41 Å². The Balaban J connectivity index is 2.13. The van der Waals surface area contributed by atoms with E-state index in [1.807, 2.05) is 24.3 Å². The van der Waals surface area contributed by atoms with E-state index in [-0.39, 0.29) is 0 Å². The predicted octanol–water partition coefficient (Wildman–Crippen LogP) is 1.51. The predicted molar refractivity (Wildman–Crippen MR) is 65.8 cm³/mol. The zero-order chi connectivity index (χ0) is 10.9. The number of nitrogens with one attached hydrogen (secondary N) is 1. The summed E-state index contributed by atoms with van der Waals surface area (Å²) in [7, 11) is 0. The number of benzene rings is 1. The number of aliphatic carboxylic acids is 1. The van der Waals surface area contributed by atoms with Crippen LogP contribution in [0.5, 0.6) is 0 Å². The average molecular weight is 317 g/mol. The van der Waals surface area contributed by atoms with Crippen LogP contribution in [0.25, 0.3) is 0 Å². The number of carbonyl (C=O) groups is 1. The maximum absolute atomic E-state index is 11.1. The van der Waals surface area contributed by atoms with Crippen molar-refractivity contribution in [3.8, 4) is 0 Å². The highest BCUT2D eigenvalue weighted by Gasteiger charge is 2.44. The second-order valence-corrected chi connectivity index (χ2v) is 5.24. The molecule has 4 heteroatoms. The zero-order valence-corrected chi connectivity index (χ0v) is 10.3. The van der Waals surface area contributed by atoms with Crippen LogP contribution in [-0.4, -0.2) is 24.2 Å². The van der Waals surface area contributed by atoms with Gasteiger partial charge in [0.15, 0.2) is 0 Å². The molecule has 80 valence electrons. The molecule has 1 heterocycles. The Kier molecular flexibility index (Phi) is 2.97. The molecule has 0 atom stereocenters. The summed E-state index contributed by atoms with van der Waals surface area (Å²) < 4.78 is 1.17. The lowest BCUT2D eigenvalue weighted by atomic mass is 9.76. The van der Waals surface area contributed by atoms with Crippen LogP contribution in [0.3, 0.4) is 0 Å². The molecule has 0 aliphatic carbocycles. The summed E-state index contributed by atoms with van der Waals surface area (Å²) in [5.74, 6) is -0.695. The number of halogens is 1. The van der Waals surface area contributed by atoms with Gasteiger partial charge in [-0.15, -0.1) is 0 Å². The zero-order valence-electron chi connectivity index (χ0n) is 8.16. The third kappa shape index (κ3) is 2.15. The fourth-order valence-corrected chi connectivity index (χ4v) is 2.13. The molecule has 1 aromatic carbocycles. The van der Waals surface area contributed by atoms with E-state index in [9.17, 15) is 4.79 Å². The van der Waals surface area contributed by atoms with Crippen molar-refractivity contribution in [2.24, 2.45) is 5.41 Å². The lowest BCUT2D eigenvalue weighted by molar-refractivity contribution is -0.152. The van der Waals surface area contributed by atoms with Crippen LogP contribution >= 0.6 is 22.6 Å². The second-order valence-electron chi connectivity index (χ2n) is 3.99. The number of carboxylic acids is 1. The summed E-state index contributed by atoms with van der Waals surface area (Å²) in [4.78, 5) is 11.1. The quantitative estimate of drug-likeness (QED) is 0.831. The fourth-order valence-electron chi connectivity index (χ4n) is 1.77. The van der Waals surface area contributed by atoms with Gasteiger partial charge in [-0.05, 0) is 46.7 Å². The van der Waals surface area contributed by atoms with Gasteiger partial charge in [-0.3, -0.25) is 4.79 Å². The summed E-state index contributed by atoms with van der Waals surface area (Å²) in [6.45, 7) is 1.16. The van der Waals surface area contributed by atoms with E-state index >= 15 is 0 Å². The normalized spacial score (nSPS) is 18.2. The van der Waals surface area contributed by atoms with Crippen LogP contribution in [0.1, 0.15) is 5.56 Å². The maximum Gasteiger partial charge on any atom is 0.312 e. The first-order chi connectivity index (χ1) is 7.12. The third-order valence-corrected chi connectivity index (χ3v) is 3.56. The Morgan fingerprint density at radius 1 is 1.40 bits per heavy atom. The molecular weight excluding hydrogens is 305 g/mol. The van der Waals surface area contributed by atoms with Crippen molar-refractivity contribution < 1.29 is 9.90 Å². The van der Waals surface area contributed by atoms with E-state index in [0.29, 0.717) is 19.5 Å². The first-order valence-corrected chi connectivity index (χ1v) is 5.89. The van der Waals surface area contributed by atoms with E-state index in [4.69, 9.17) is 5.11 Å². The standard InChI is InChI=1S/C11H12INO2/c12-9-3-1-8(2-4-9)5-11(10(14)15)6-13-7-11/h1-4,13H,5-7H2,(H,14,15). The van der Waals surface area contributed by atoms with Gasteiger partial charge >= 0.3 is 5.97 Å². The highest BCUT2D eigenvalue weighted by Crippen LogP contribution is 2.28. The molecule has 0 bridgehead atoms. The van der Waals surface area contributed by atoms with Gasteiger partial charge < -0.3 is 10.4 Å². The first kappa shape index (κ1) is 10.9. The van der Waals surface area contributed by atoms with E-state index in [2.05, 4.69) is 27.9 Å². The molecule has 0 unspecified atom stereocenters. The molecule has 1 fully saturated rings. The van der Waals surface area contributed by atoms with Crippen molar-refractivity contribution in [1.82, 2.24) is 5.32 Å². The van der Waals surface area contributed by atoms with E-state index in [1.54, 1.807) is 0 Å². The molecule has 1 saturated heterocycles. The SMILES string of the molecule is O=C(O)C1(Cc2ccc(I)cc2)CNC1. The van der Waals surface area contributed by atoms with Crippen molar-refractivity contribution in [2.45, 2.75) is 6.42 Å². The van der Waals surface area contributed by atoms with Gasteiger partial charge in [0.25, 0.3) is 0 Å². The van der Waals surface area contributed by atoms with Crippen LogP contribution < -0.4 is 5.32 Å². The van der Waals surface area contributed by atoms with Crippen LogP contribution in [0.2, 0.25) is 0 Å². The minimum Gasteiger partial charge on any atom is -0.481 e. The Hall–Kier alpha value is -0.620. The fraction of sp³-hybridized carbons (Fsp3) is 0.364. The van der Waals surface area contributed by atoms with Gasteiger partial charge in [0.1, 0.15) is 0 Å². The molecule has 1 aliphatic heterocycles. The molecule has 1 aliphatic rings. The molecule has 15 heavy (non-hydrogen) atoms. The van der Waals surface area contributed by atoms with Crippen molar-refractivity contribution in [3.63, 3.8) is 0 Å². The minimum absolute atomic E-state index is 0.577. The summed E-state index contributed by atoms with van der Waals surface area (Å²) in [5, 5.41) is 12.2. The van der Waals surface area contributed by atoms with Crippen LogP contribution in [0.4, 0.5) is 0 Å². The first-order valence-electron chi connectivity index (χ1n) is 4.81. The molecule has 0 amide bonds. The molecule has 2 rings (SSSR count). The Labute approximate surface area is 102 Å². The van der Waals surface area contributed by atoms with Crippen molar-refractivity contribution in [2.75, 3.05) is 13.1 Å². The van der Waals surface area contributed by atoms with Gasteiger partial charge in [-0.1, -0.05) is 12.1 Å². The highest BCUT2D eigenvalue weighted by atomic mass is 127. The molecule has 2 N–H and O–H groups in total. The van der Waals surface area contributed by atoms with Crippen LogP contribution in [-0.2, 0) is 11.2 Å². The number of rotatable bonds is 3. The van der Waals surface area contributed by atoms with Crippen molar-refractivity contribution >= 4 is 28.6 Å². The van der Waals surface area contributed by atoms with Crippen molar-refractivity contribution in [3.05, 3.63) is 33.4 Å². The van der Waals surface area contributed by atoms with E-state index in [0.717, 1.165) is 5.56 Å². The van der Waals surface area contributed by atoms with Crippen LogP contribution in [0, 0.1) is 8.99 Å². The second kappa shape index (κ2) is 4.09. The Bertz CT molecular complexity index is 371. The summed E-state index contributed by atoms with van der Waals surface area (Å²) in [6, 6.07) is 8.03. The van der Waals surface area contributed by atoms with E-state index < -0.39 is 11.4 Å². The lowest BCUT2D eigenvalue weighted by Gasteiger charge is -2.38. The summed E-state index contributed by atoms with van der Waals surface area (Å²) >= 11 is 2.24. The smallest absolute Gasteiger partial charge is 0.312 e. The monoisotopic (exact) mass is 317 g/mol. The molecule has 0 spiro atoms. The maximum atomic E-state index is 11.1. The van der Waals surface area contributed by atoms with Gasteiger partial charge in [0, 0.05) is 16.7 Å². The Morgan fingerprint density at radius 3 is 2.40 bits per heavy atom. The largest absolute Gasteiger partial charge is 0.481 e. The average Bonchev–Trinajstić information content (AvgIpc) is 2.13. The van der Waals surface area contributed by atoms with Gasteiger partial charge in [0.2, 0.25) is 0 Å². The van der Waals surface area contributed by atoms with Gasteiger partial charge in [-0.25, -0.2) is 0 Å². The van der Waals surface area contributed by atoms with Gasteiger partial charge in [-0.2, -0.15) is 0 Å². The molecule has 3 nitrogen and oxygen atoms in total. The third-order valence-electron chi connectivity index (χ3n) is 2.84. The molecule has 0 saturated carbocycles. The topological polar surface area (TPSA) is 49.3 Å². The number of hydrogen-bond donors (Lipinski definition) is 2. The lowest BCUT2D eigenvalue weighted by Crippen LogP contribution is -2.59. The summed E-state index contributed by atoms with van der Waals surface area (Å²) in [6.07, 6.45) is 0.617. The molecule has 1 aromatic rings.